The Kier molecular flexibility index (Phi) is 2.92. The number of hydrogen-bond donors (Lipinski definition) is 2. The Morgan fingerprint density at radius 2 is 2.41 bits per heavy atom. The molecule has 3 heterocycles. The molecule has 0 radical (unpaired) electrons. The van der Waals surface area contributed by atoms with E-state index in [1.165, 1.54) is 5.56 Å². The Balaban J connectivity index is 1.58. The average Bonchev–Trinajstić information content (AvgIpc) is 3.09. The number of nitrogens with zero attached hydrogens (tertiary/aromatic N) is 4. The van der Waals surface area contributed by atoms with Crippen LogP contribution in [0.5, 0.6) is 0 Å². The first-order valence-corrected chi connectivity index (χ1v) is 7.34. The van der Waals surface area contributed by atoms with Gasteiger partial charge in [-0.3, -0.25) is 14.3 Å². The first-order valence-electron chi connectivity index (χ1n) is 7.34. The van der Waals surface area contributed by atoms with Gasteiger partial charge in [-0.25, -0.2) is 9.97 Å². The molecule has 1 atom stereocenters. The second-order valence-corrected chi connectivity index (χ2v) is 5.62. The summed E-state index contributed by atoms with van der Waals surface area (Å²) in [6.45, 7) is 1.83. The van der Waals surface area contributed by atoms with Crippen molar-refractivity contribution in [2.24, 2.45) is 0 Å². The van der Waals surface area contributed by atoms with Gasteiger partial charge in [0.25, 0.3) is 5.91 Å². The van der Waals surface area contributed by atoms with E-state index >= 15 is 0 Å². The van der Waals surface area contributed by atoms with Crippen LogP contribution in [0.3, 0.4) is 0 Å². The zero-order valence-electron chi connectivity index (χ0n) is 12.2. The summed E-state index contributed by atoms with van der Waals surface area (Å²) in [5.74, 6) is 0.440. The Labute approximate surface area is 126 Å². The number of aromatic amines is 1. The third kappa shape index (κ3) is 2.05. The number of hydrogen-bond acceptors (Lipinski definition) is 4. The number of nitrogens with one attached hydrogen (secondary N) is 2. The zero-order chi connectivity index (χ0) is 15.1. The van der Waals surface area contributed by atoms with Crippen LogP contribution in [0.1, 0.15) is 33.9 Å². The molecule has 0 saturated carbocycles. The van der Waals surface area contributed by atoms with Crippen LogP contribution in [-0.4, -0.2) is 36.5 Å². The van der Waals surface area contributed by atoms with Gasteiger partial charge in [-0.15, -0.1) is 0 Å². The third-order valence-corrected chi connectivity index (χ3v) is 4.15. The molecule has 0 bridgehead atoms. The zero-order valence-corrected chi connectivity index (χ0v) is 12.2. The summed E-state index contributed by atoms with van der Waals surface area (Å²) in [5.41, 5.74) is 3.61. The molecular weight excluding hydrogens is 280 g/mol. The van der Waals surface area contributed by atoms with Crippen molar-refractivity contribution in [2.45, 2.75) is 32.2 Å². The number of carbonyl (C=O) groups is 1. The fourth-order valence-corrected chi connectivity index (χ4v) is 3.06. The maximum Gasteiger partial charge on any atom is 0.270 e. The highest BCUT2D eigenvalue weighted by Gasteiger charge is 2.24. The Morgan fingerprint density at radius 3 is 3.32 bits per heavy atom. The normalized spacial score (nSPS) is 17.4. The van der Waals surface area contributed by atoms with Gasteiger partial charge < -0.3 is 5.32 Å². The molecule has 112 valence electrons. The molecule has 7 heteroatoms. The van der Waals surface area contributed by atoms with E-state index in [-0.39, 0.29) is 11.9 Å². The average molecular weight is 296 g/mol. The number of amides is 1. The van der Waals surface area contributed by atoms with Crippen LogP contribution in [0.2, 0.25) is 0 Å². The lowest BCUT2D eigenvalue weighted by Gasteiger charge is -2.22. The largest absolute Gasteiger partial charge is 0.348 e. The van der Waals surface area contributed by atoms with Crippen LogP contribution < -0.4 is 5.32 Å². The predicted octanol–water partition coefficient (Wildman–Crippen LogP) is 1.05. The lowest BCUT2D eigenvalue weighted by atomic mass is 9.93. The van der Waals surface area contributed by atoms with E-state index in [0.29, 0.717) is 17.2 Å². The topological polar surface area (TPSA) is 88.0 Å². The van der Waals surface area contributed by atoms with E-state index < -0.39 is 0 Å². The molecule has 0 fully saturated rings. The SMILES string of the molecule is Cc1nc2ncccn2c1C(=O)NC1CCc2cn[nH]c2C1. The van der Waals surface area contributed by atoms with Crippen LogP contribution in [-0.2, 0) is 12.8 Å². The minimum Gasteiger partial charge on any atom is -0.348 e. The van der Waals surface area contributed by atoms with Crippen molar-refractivity contribution < 1.29 is 4.79 Å². The maximum atomic E-state index is 12.6. The van der Waals surface area contributed by atoms with Crippen LogP contribution in [0.15, 0.2) is 24.7 Å². The van der Waals surface area contributed by atoms with Gasteiger partial charge in [-0.05, 0) is 31.4 Å². The van der Waals surface area contributed by atoms with E-state index in [1.807, 2.05) is 19.3 Å². The van der Waals surface area contributed by atoms with Crippen molar-refractivity contribution in [3.05, 3.63) is 47.3 Å². The lowest BCUT2D eigenvalue weighted by molar-refractivity contribution is 0.0927. The molecule has 1 aliphatic rings. The van der Waals surface area contributed by atoms with E-state index in [9.17, 15) is 4.79 Å². The van der Waals surface area contributed by atoms with Gasteiger partial charge in [-0.2, -0.15) is 5.10 Å². The van der Waals surface area contributed by atoms with Gasteiger partial charge in [0.2, 0.25) is 5.78 Å². The number of aryl methyl sites for hydroxylation is 2. The predicted molar refractivity (Wildman–Crippen MR) is 79.6 cm³/mol. The molecular formula is C15H16N6O. The van der Waals surface area contributed by atoms with Crippen molar-refractivity contribution in [3.8, 4) is 0 Å². The summed E-state index contributed by atoms with van der Waals surface area (Å²) in [6.07, 6.45) is 8.00. The monoisotopic (exact) mass is 296 g/mol. The quantitative estimate of drug-likeness (QED) is 0.740. The Bertz CT molecular complexity index is 849. The van der Waals surface area contributed by atoms with Crippen molar-refractivity contribution in [2.75, 3.05) is 0 Å². The van der Waals surface area contributed by atoms with E-state index in [0.717, 1.165) is 25.0 Å². The molecule has 2 N–H and O–H groups in total. The lowest BCUT2D eigenvalue weighted by Crippen LogP contribution is -2.39. The summed E-state index contributed by atoms with van der Waals surface area (Å²) in [5, 5.41) is 10.2. The Hall–Kier alpha value is -2.70. The number of rotatable bonds is 2. The summed E-state index contributed by atoms with van der Waals surface area (Å²) >= 11 is 0. The van der Waals surface area contributed by atoms with Gasteiger partial charge in [0, 0.05) is 30.6 Å². The third-order valence-electron chi connectivity index (χ3n) is 4.15. The fraction of sp³-hybridized carbons (Fsp3) is 0.333. The van der Waals surface area contributed by atoms with Crippen LogP contribution in [0, 0.1) is 6.92 Å². The van der Waals surface area contributed by atoms with Crippen molar-refractivity contribution in [3.63, 3.8) is 0 Å². The number of H-pyrrole nitrogens is 1. The Morgan fingerprint density at radius 1 is 1.50 bits per heavy atom. The molecule has 22 heavy (non-hydrogen) atoms. The van der Waals surface area contributed by atoms with Gasteiger partial charge >= 0.3 is 0 Å². The van der Waals surface area contributed by atoms with E-state index in [2.05, 4.69) is 25.5 Å². The number of carbonyl (C=O) groups excluding carboxylic acids is 1. The molecule has 0 spiro atoms. The smallest absolute Gasteiger partial charge is 0.270 e. The van der Waals surface area contributed by atoms with Crippen LogP contribution >= 0.6 is 0 Å². The first kappa shape index (κ1) is 13.0. The summed E-state index contributed by atoms with van der Waals surface area (Å²) in [4.78, 5) is 21.1. The summed E-state index contributed by atoms with van der Waals surface area (Å²) in [7, 11) is 0. The van der Waals surface area contributed by atoms with Gasteiger partial charge in [0.15, 0.2) is 0 Å². The molecule has 1 aliphatic carbocycles. The molecule has 4 rings (SSSR count). The highest BCUT2D eigenvalue weighted by molar-refractivity contribution is 5.94. The molecule has 0 aromatic carbocycles. The van der Waals surface area contributed by atoms with Crippen molar-refractivity contribution in [1.82, 2.24) is 29.9 Å². The molecule has 0 saturated heterocycles. The highest BCUT2D eigenvalue weighted by atomic mass is 16.2. The number of imidazole rings is 1. The van der Waals surface area contributed by atoms with Gasteiger partial charge in [-0.1, -0.05) is 0 Å². The van der Waals surface area contributed by atoms with Crippen molar-refractivity contribution in [1.29, 1.82) is 0 Å². The second kappa shape index (κ2) is 4.94. The molecule has 1 amide bonds. The fourth-order valence-electron chi connectivity index (χ4n) is 3.06. The number of aromatic nitrogens is 5. The summed E-state index contributed by atoms with van der Waals surface area (Å²) < 4.78 is 1.73. The number of fused-ring (bicyclic) bond motifs is 2. The minimum absolute atomic E-state index is 0.106. The molecule has 3 aromatic rings. The van der Waals surface area contributed by atoms with Crippen LogP contribution in [0.25, 0.3) is 5.78 Å². The highest BCUT2D eigenvalue weighted by Crippen LogP contribution is 2.19. The van der Waals surface area contributed by atoms with E-state index in [4.69, 9.17) is 0 Å². The van der Waals surface area contributed by atoms with Gasteiger partial charge in [0.05, 0.1) is 11.9 Å². The van der Waals surface area contributed by atoms with Gasteiger partial charge in [0.1, 0.15) is 5.69 Å². The van der Waals surface area contributed by atoms with Crippen LogP contribution in [0.4, 0.5) is 0 Å². The standard InChI is InChI=1S/C15H16N6O/c1-9-13(21-6-2-5-16-15(21)18-9)14(22)19-11-4-3-10-8-17-20-12(10)7-11/h2,5-6,8,11H,3-4,7H2,1H3,(H,17,20)(H,19,22). The summed E-state index contributed by atoms with van der Waals surface area (Å²) in [6, 6.07) is 1.91. The molecule has 7 nitrogen and oxygen atoms in total. The first-order chi connectivity index (χ1) is 10.7. The minimum atomic E-state index is -0.106. The second-order valence-electron chi connectivity index (χ2n) is 5.62. The molecule has 1 unspecified atom stereocenters. The molecule has 3 aromatic heterocycles. The maximum absolute atomic E-state index is 12.6. The van der Waals surface area contributed by atoms with E-state index in [1.54, 1.807) is 16.7 Å². The molecule has 0 aliphatic heterocycles. The van der Waals surface area contributed by atoms with Crippen molar-refractivity contribution >= 4 is 11.7 Å².